The second-order valence-electron chi connectivity index (χ2n) is 3.50. The lowest BCUT2D eigenvalue weighted by Gasteiger charge is -2.05. The molecule has 0 radical (unpaired) electrons. The van der Waals surface area contributed by atoms with Crippen molar-refractivity contribution in [1.29, 1.82) is 0 Å². The van der Waals surface area contributed by atoms with Gasteiger partial charge in [0, 0.05) is 16.8 Å². The van der Waals surface area contributed by atoms with E-state index in [9.17, 15) is 4.79 Å². The minimum atomic E-state index is -0.316. The summed E-state index contributed by atoms with van der Waals surface area (Å²) < 4.78 is 0. The van der Waals surface area contributed by atoms with Crippen LogP contribution in [0, 0.1) is 6.92 Å². The Morgan fingerprint density at radius 1 is 1.29 bits per heavy atom. The summed E-state index contributed by atoms with van der Waals surface area (Å²) in [5.41, 5.74) is 7.78. The van der Waals surface area contributed by atoms with Gasteiger partial charge in [-0.2, -0.15) is 0 Å². The third-order valence-electron chi connectivity index (χ3n) is 2.01. The highest BCUT2D eigenvalue weighted by molar-refractivity contribution is 7.13. The van der Waals surface area contributed by atoms with E-state index in [1.807, 2.05) is 12.3 Å². The van der Waals surface area contributed by atoms with Gasteiger partial charge in [0.1, 0.15) is 0 Å². The lowest BCUT2D eigenvalue weighted by molar-refractivity contribution is 0.262. The molecule has 0 aliphatic heterocycles. The Bertz CT molecular complexity index is 521. The number of nitrogens with zero attached hydrogens (tertiary/aromatic N) is 1. The average Bonchev–Trinajstić information content (AvgIpc) is 2.67. The molecule has 1 aromatic carbocycles. The fourth-order valence-corrected chi connectivity index (χ4v) is 1.92. The van der Waals surface area contributed by atoms with Crippen molar-refractivity contribution in [2.75, 3.05) is 16.4 Å². The number of hydrogen-bond donors (Lipinski definition) is 3. The highest BCUT2D eigenvalue weighted by Gasteiger charge is 2.04. The summed E-state index contributed by atoms with van der Waals surface area (Å²) in [5, 5.41) is 7.79. The maximum atomic E-state index is 11.6. The van der Waals surface area contributed by atoms with Gasteiger partial charge < -0.3 is 11.1 Å². The van der Waals surface area contributed by atoms with E-state index in [1.165, 1.54) is 11.3 Å². The summed E-state index contributed by atoms with van der Waals surface area (Å²) in [6.07, 6.45) is 0. The van der Waals surface area contributed by atoms with Crippen LogP contribution in [0.3, 0.4) is 0 Å². The van der Waals surface area contributed by atoms with Gasteiger partial charge in [-0.3, -0.25) is 5.32 Å². The minimum Gasteiger partial charge on any atom is -0.399 e. The molecule has 1 aromatic heterocycles. The van der Waals surface area contributed by atoms with Gasteiger partial charge in [-0.15, -0.1) is 11.3 Å². The first-order chi connectivity index (χ1) is 8.13. The molecule has 2 rings (SSSR count). The molecule has 5 nitrogen and oxygen atoms in total. The van der Waals surface area contributed by atoms with Crippen LogP contribution in [0.1, 0.15) is 5.69 Å². The summed E-state index contributed by atoms with van der Waals surface area (Å²) >= 11 is 1.39. The first-order valence-corrected chi connectivity index (χ1v) is 5.87. The normalized spacial score (nSPS) is 9.94. The smallest absolute Gasteiger partial charge is 0.325 e. The van der Waals surface area contributed by atoms with Gasteiger partial charge in [0.2, 0.25) is 0 Å². The number of hydrogen-bond acceptors (Lipinski definition) is 4. The van der Waals surface area contributed by atoms with Crippen molar-refractivity contribution in [3.8, 4) is 0 Å². The zero-order valence-corrected chi connectivity index (χ0v) is 10.0. The molecule has 1 heterocycles. The lowest BCUT2D eigenvalue weighted by atomic mass is 10.3. The Labute approximate surface area is 103 Å². The number of nitrogen functional groups attached to an aromatic ring is 1. The molecule has 2 aromatic rings. The average molecular weight is 248 g/mol. The van der Waals surface area contributed by atoms with Crippen LogP contribution in [0.5, 0.6) is 0 Å². The fourth-order valence-electron chi connectivity index (χ4n) is 1.24. The van der Waals surface area contributed by atoms with Crippen molar-refractivity contribution in [2.45, 2.75) is 6.92 Å². The number of nitrogens with two attached hydrogens (primary N) is 1. The second-order valence-corrected chi connectivity index (χ2v) is 4.35. The van der Waals surface area contributed by atoms with Crippen LogP contribution >= 0.6 is 11.3 Å². The molecule has 0 aliphatic carbocycles. The maximum absolute atomic E-state index is 11.6. The molecule has 0 spiro atoms. The number of amides is 2. The minimum absolute atomic E-state index is 0.316. The van der Waals surface area contributed by atoms with E-state index in [1.54, 1.807) is 24.3 Å². The molecule has 0 aliphatic rings. The Hall–Kier alpha value is -2.08. The number of carbonyl (C=O) groups is 1. The first kappa shape index (κ1) is 11.4. The number of carbonyl (C=O) groups excluding carboxylic acids is 1. The van der Waals surface area contributed by atoms with Crippen molar-refractivity contribution >= 4 is 33.9 Å². The highest BCUT2D eigenvalue weighted by Crippen LogP contribution is 2.15. The summed E-state index contributed by atoms with van der Waals surface area (Å²) in [6, 6.07) is 6.61. The SMILES string of the molecule is Cc1csc(NC(=O)Nc2ccc(N)cc2)n1. The Morgan fingerprint density at radius 3 is 2.59 bits per heavy atom. The molecule has 0 unspecified atom stereocenters. The van der Waals surface area contributed by atoms with Crippen molar-refractivity contribution in [3.63, 3.8) is 0 Å². The Balaban J connectivity index is 1.95. The van der Waals surface area contributed by atoms with Crippen molar-refractivity contribution in [1.82, 2.24) is 4.98 Å². The summed E-state index contributed by atoms with van der Waals surface area (Å²) in [5.74, 6) is 0. The van der Waals surface area contributed by atoms with Gasteiger partial charge >= 0.3 is 6.03 Å². The number of aromatic nitrogens is 1. The molecule has 6 heteroatoms. The number of benzene rings is 1. The Kier molecular flexibility index (Phi) is 3.24. The zero-order valence-electron chi connectivity index (χ0n) is 9.23. The van der Waals surface area contributed by atoms with E-state index in [2.05, 4.69) is 15.6 Å². The summed E-state index contributed by atoms with van der Waals surface area (Å²) in [7, 11) is 0. The largest absolute Gasteiger partial charge is 0.399 e. The fraction of sp³-hybridized carbons (Fsp3) is 0.0909. The molecular formula is C11H12N4OS. The van der Waals surface area contributed by atoms with Gasteiger partial charge in [-0.05, 0) is 31.2 Å². The van der Waals surface area contributed by atoms with Crippen LogP contribution in [0.2, 0.25) is 0 Å². The predicted molar refractivity (Wildman–Crippen MR) is 70.3 cm³/mol. The molecule has 0 atom stereocenters. The van der Waals surface area contributed by atoms with Gasteiger partial charge in [0.15, 0.2) is 5.13 Å². The number of urea groups is 1. The van der Waals surface area contributed by atoms with Crippen LogP contribution in [0.4, 0.5) is 21.3 Å². The van der Waals surface area contributed by atoms with Gasteiger partial charge in [0.25, 0.3) is 0 Å². The van der Waals surface area contributed by atoms with Crippen LogP contribution in [0.25, 0.3) is 0 Å². The van der Waals surface area contributed by atoms with E-state index in [-0.39, 0.29) is 6.03 Å². The number of anilines is 3. The number of thiazole rings is 1. The highest BCUT2D eigenvalue weighted by atomic mass is 32.1. The van der Waals surface area contributed by atoms with Crippen molar-refractivity contribution in [2.24, 2.45) is 0 Å². The van der Waals surface area contributed by atoms with E-state index >= 15 is 0 Å². The molecule has 0 saturated carbocycles. The monoisotopic (exact) mass is 248 g/mol. The Morgan fingerprint density at radius 2 is 2.00 bits per heavy atom. The van der Waals surface area contributed by atoms with Gasteiger partial charge in [-0.1, -0.05) is 0 Å². The predicted octanol–water partition coefficient (Wildman–Crippen LogP) is 2.68. The third kappa shape index (κ3) is 3.18. The number of aryl methyl sites for hydroxylation is 1. The molecule has 2 amide bonds. The van der Waals surface area contributed by atoms with Gasteiger partial charge in [-0.25, -0.2) is 9.78 Å². The van der Waals surface area contributed by atoms with Crippen molar-refractivity contribution in [3.05, 3.63) is 35.3 Å². The zero-order chi connectivity index (χ0) is 12.3. The molecule has 0 bridgehead atoms. The maximum Gasteiger partial charge on any atom is 0.325 e. The molecule has 4 N–H and O–H groups in total. The van der Waals surface area contributed by atoms with Crippen LogP contribution < -0.4 is 16.4 Å². The van der Waals surface area contributed by atoms with Crippen LogP contribution in [-0.2, 0) is 0 Å². The van der Waals surface area contributed by atoms with E-state index in [4.69, 9.17) is 5.73 Å². The van der Waals surface area contributed by atoms with E-state index in [0.29, 0.717) is 16.5 Å². The standard InChI is InChI=1S/C11H12N4OS/c1-7-6-17-11(13-7)15-10(16)14-9-4-2-8(12)3-5-9/h2-6H,12H2,1H3,(H2,13,14,15,16). The van der Waals surface area contributed by atoms with Crippen molar-refractivity contribution < 1.29 is 4.79 Å². The van der Waals surface area contributed by atoms with Crippen LogP contribution in [-0.4, -0.2) is 11.0 Å². The number of rotatable bonds is 2. The number of nitrogens with one attached hydrogen (secondary N) is 2. The first-order valence-electron chi connectivity index (χ1n) is 4.99. The summed E-state index contributed by atoms with van der Waals surface area (Å²) in [6.45, 7) is 1.87. The lowest BCUT2D eigenvalue weighted by Crippen LogP contribution is -2.19. The molecule has 0 saturated heterocycles. The second kappa shape index (κ2) is 4.84. The molecular weight excluding hydrogens is 236 g/mol. The van der Waals surface area contributed by atoms with Gasteiger partial charge in [0.05, 0.1) is 5.69 Å². The molecule has 88 valence electrons. The topological polar surface area (TPSA) is 80.0 Å². The molecule has 17 heavy (non-hydrogen) atoms. The molecule has 0 fully saturated rings. The van der Waals surface area contributed by atoms with Crippen LogP contribution in [0.15, 0.2) is 29.6 Å². The summed E-state index contributed by atoms with van der Waals surface area (Å²) in [4.78, 5) is 15.7. The van der Waals surface area contributed by atoms with E-state index in [0.717, 1.165) is 5.69 Å². The quantitative estimate of drug-likeness (QED) is 0.715. The van der Waals surface area contributed by atoms with E-state index < -0.39 is 0 Å². The third-order valence-corrected chi connectivity index (χ3v) is 2.88.